The van der Waals surface area contributed by atoms with Gasteiger partial charge in [-0.3, -0.25) is 0 Å². The van der Waals surface area contributed by atoms with Crippen molar-refractivity contribution in [2.24, 2.45) is 0 Å². The van der Waals surface area contributed by atoms with Gasteiger partial charge in [-0.2, -0.15) is 0 Å². The molecular weight excluding hydrogens is 368 g/mol. The van der Waals surface area contributed by atoms with E-state index in [9.17, 15) is 5.11 Å². The van der Waals surface area contributed by atoms with Gasteiger partial charge in [-0.25, -0.2) is 0 Å². The second-order valence-electron chi connectivity index (χ2n) is 7.53. The summed E-state index contributed by atoms with van der Waals surface area (Å²) < 4.78 is 5.37. The van der Waals surface area contributed by atoms with Crippen molar-refractivity contribution in [2.45, 2.75) is 5.92 Å². The summed E-state index contributed by atoms with van der Waals surface area (Å²) in [5.74, 6) is 1.15. The number of hydrogen-bond acceptors (Lipinski definition) is 2. The minimum absolute atomic E-state index is 0.0333. The van der Waals surface area contributed by atoms with Gasteiger partial charge in [-0.05, 0) is 68.6 Å². The van der Waals surface area contributed by atoms with Gasteiger partial charge < -0.3 is 9.84 Å². The van der Waals surface area contributed by atoms with Crippen molar-refractivity contribution in [1.82, 2.24) is 0 Å². The average Bonchev–Trinajstić information content (AvgIpc) is 2.81. The van der Waals surface area contributed by atoms with Crippen molar-refractivity contribution in [3.63, 3.8) is 0 Å². The summed E-state index contributed by atoms with van der Waals surface area (Å²) in [6.45, 7) is 0. The number of hydrogen-bond donors (Lipinski definition) is 1. The summed E-state index contributed by atoms with van der Waals surface area (Å²) in [7, 11) is 1.68. The fourth-order valence-corrected chi connectivity index (χ4v) is 4.34. The average molecular weight is 390 g/mol. The molecule has 0 fully saturated rings. The van der Waals surface area contributed by atoms with E-state index in [-0.39, 0.29) is 11.7 Å². The fourth-order valence-electron chi connectivity index (χ4n) is 4.34. The molecule has 1 atom stereocenters. The molecule has 5 aromatic rings. The Hall–Kier alpha value is -3.78. The first-order valence-electron chi connectivity index (χ1n) is 10.1. The van der Waals surface area contributed by atoms with Gasteiger partial charge in [0.15, 0.2) is 0 Å². The van der Waals surface area contributed by atoms with E-state index in [0.717, 1.165) is 11.3 Å². The van der Waals surface area contributed by atoms with Crippen molar-refractivity contribution in [3.8, 4) is 11.5 Å². The molecule has 2 heteroatoms. The van der Waals surface area contributed by atoms with Crippen LogP contribution in [0.4, 0.5) is 0 Å². The first kappa shape index (κ1) is 18.3. The van der Waals surface area contributed by atoms with Crippen LogP contribution in [-0.2, 0) is 0 Å². The van der Waals surface area contributed by atoms with Crippen molar-refractivity contribution in [3.05, 3.63) is 120 Å². The molecule has 0 spiro atoms. The van der Waals surface area contributed by atoms with E-state index < -0.39 is 0 Å². The Labute approximate surface area is 176 Å². The lowest BCUT2D eigenvalue weighted by Crippen LogP contribution is -2.04. The summed E-state index contributed by atoms with van der Waals surface area (Å²) in [5, 5.41) is 14.8. The largest absolute Gasteiger partial charge is 0.508 e. The Bertz CT molecular complexity index is 1320. The number of benzene rings is 5. The third-order valence-electron chi connectivity index (χ3n) is 5.79. The van der Waals surface area contributed by atoms with E-state index in [1.807, 2.05) is 24.3 Å². The van der Waals surface area contributed by atoms with Crippen LogP contribution in [0.5, 0.6) is 11.5 Å². The van der Waals surface area contributed by atoms with Crippen LogP contribution in [0.3, 0.4) is 0 Å². The zero-order valence-electron chi connectivity index (χ0n) is 16.7. The smallest absolute Gasteiger partial charge is 0.118 e. The molecule has 1 N–H and O–H groups in total. The van der Waals surface area contributed by atoms with Gasteiger partial charge in [-0.15, -0.1) is 0 Å². The number of rotatable bonds is 4. The predicted molar refractivity (Wildman–Crippen MR) is 123 cm³/mol. The maximum absolute atomic E-state index is 9.84. The van der Waals surface area contributed by atoms with E-state index >= 15 is 0 Å². The van der Waals surface area contributed by atoms with Crippen LogP contribution in [0.25, 0.3) is 21.5 Å². The number of methoxy groups -OCH3 is 1. The molecule has 5 rings (SSSR count). The summed E-state index contributed by atoms with van der Waals surface area (Å²) in [6.07, 6.45) is 0. The van der Waals surface area contributed by atoms with Crippen molar-refractivity contribution in [1.29, 1.82) is 0 Å². The highest BCUT2D eigenvalue weighted by atomic mass is 16.5. The molecule has 0 heterocycles. The Morgan fingerprint density at radius 3 is 1.87 bits per heavy atom. The van der Waals surface area contributed by atoms with Crippen LogP contribution in [0.2, 0.25) is 0 Å². The molecule has 1 unspecified atom stereocenters. The summed E-state index contributed by atoms with van der Waals surface area (Å²) in [4.78, 5) is 0. The van der Waals surface area contributed by atoms with E-state index in [0.29, 0.717) is 0 Å². The molecule has 0 saturated carbocycles. The maximum atomic E-state index is 9.84. The number of phenolic OH excluding ortho intramolecular Hbond substituents is 1. The van der Waals surface area contributed by atoms with E-state index in [1.54, 1.807) is 19.2 Å². The maximum Gasteiger partial charge on any atom is 0.118 e. The highest BCUT2D eigenvalue weighted by Crippen LogP contribution is 2.40. The van der Waals surface area contributed by atoms with Crippen LogP contribution in [-0.4, -0.2) is 12.2 Å². The summed E-state index contributed by atoms with van der Waals surface area (Å²) >= 11 is 0. The highest BCUT2D eigenvalue weighted by molar-refractivity contribution is 6.09. The van der Waals surface area contributed by atoms with Gasteiger partial charge in [0.05, 0.1) is 7.11 Å². The minimum atomic E-state index is 0.0333. The fraction of sp³-hybridized carbons (Fsp3) is 0.0714. The first-order chi connectivity index (χ1) is 14.7. The molecule has 0 bridgehead atoms. The number of ether oxygens (including phenoxy) is 1. The van der Waals surface area contributed by atoms with Gasteiger partial charge in [0, 0.05) is 5.92 Å². The van der Waals surface area contributed by atoms with E-state index in [2.05, 4.69) is 66.7 Å². The first-order valence-corrected chi connectivity index (χ1v) is 10.1. The van der Waals surface area contributed by atoms with Crippen LogP contribution in [0.1, 0.15) is 22.6 Å². The lowest BCUT2D eigenvalue weighted by Gasteiger charge is -2.22. The molecule has 0 aromatic heterocycles. The normalized spacial score (nSPS) is 12.2. The molecule has 146 valence electrons. The van der Waals surface area contributed by atoms with E-state index in [1.165, 1.54) is 32.7 Å². The summed E-state index contributed by atoms with van der Waals surface area (Å²) in [5.41, 5.74) is 3.57. The minimum Gasteiger partial charge on any atom is -0.508 e. The quantitative estimate of drug-likeness (QED) is 0.267. The van der Waals surface area contributed by atoms with Crippen molar-refractivity contribution in [2.75, 3.05) is 7.11 Å². The van der Waals surface area contributed by atoms with Crippen LogP contribution >= 0.6 is 0 Å². The SMILES string of the molecule is COc1ccc(C(c2ccc(O)cc2)c2cc3ccccc3c3ccccc23)cc1. The molecule has 0 amide bonds. The topological polar surface area (TPSA) is 29.5 Å². The number of phenols is 1. The molecule has 0 aliphatic heterocycles. The zero-order chi connectivity index (χ0) is 20.5. The van der Waals surface area contributed by atoms with E-state index in [4.69, 9.17) is 4.74 Å². The zero-order valence-corrected chi connectivity index (χ0v) is 16.7. The lowest BCUT2D eigenvalue weighted by molar-refractivity contribution is 0.414. The molecule has 0 aliphatic rings. The molecule has 0 saturated heterocycles. The Kier molecular flexibility index (Phi) is 4.61. The third-order valence-corrected chi connectivity index (χ3v) is 5.79. The second kappa shape index (κ2) is 7.57. The predicted octanol–water partition coefficient (Wildman–Crippen LogP) is 6.89. The highest BCUT2D eigenvalue weighted by Gasteiger charge is 2.20. The van der Waals surface area contributed by atoms with Gasteiger partial charge in [0.1, 0.15) is 11.5 Å². The standard InChI is InChI=1S/C28H22O2/c1-30-23-16-12-20(13-17-23)28(19-10-14-22(29)15-11-19)27-18-21-6-2-3-7-24(21)25-8-4-5-9-26(25)27/h2-18,28-29H,1H3. The number of aromatic hydroxyl groups is 1. The molecule has 2 nitrogen and oxygen atoms in total. The van der Waals surface area contributed by atoms with Crippen molar-refractivity contribution >= 4 is 21.5 Å². The third kappa shape index (κ3) is 3.17. The van der Waals surface area contributed by atoms with Crippen molar-refractivity contribution < 1.29 is 9.84 Å². The molecular formula is C28H22O2. The monoisotopic (exact) mass is 390 g/mol. The Balaban J connectivity index is 1.82. The van der Waals surface area contributed by atoms with Gasteiger partial charge in [0.25, 0.3) is 0 Å². The summed E-state index contributed by atoms with van der Waals surface area (Å²) in [6, 6.07) is 35.2. The molecule has 30 heavy (non-hydrogen) atoms. The van der Waals surface area contributed by atoms with Gasteiger partial charge in [0.2, 0.25) is 0 Å². The van der Waals surface area contributed by atoms with Crippen LogP contribution < -0.4 is 4.74 Å². The Morgan fingerprint density at radius 2 is 1.20 bits per heavy atom. The number of fused-ring (bicyclic) bond motifs is 3. The molecule has 0 radical (unpaired) electrons. The lowest BCUT2D eigenvalue weighted by atomic mass is 9.81. The molecule has 0 aliphatic carbocycles. The Morgan fingerprint density at radius 1 is 0.633 bits per heavy atom. The van der Waals surface area contributed by atoms with Gasteiger partial charge >= 0.3 is 0 Å². The molecule has 5 aromatic carbocycles. The van der Waals surface area contributed by atoms with Crippen LogP contribution in [0.15, 0.2) is 103 Å². The second-order valence-corrected chi connectivity index (χ2v) is 7.53. The van der Waals surface area contributed by atoms with Gasteiger partial charge in [-0.1, -0.05) is 72.8 Å². The van der Waals surface area contributed by atoms with Crippen LogP contribution in [0, 0.1) is 0 Å².